The van der Waals surface area contributed by atoms with Gasteiger partial charge < -0.3 is 25.2 Å². The Labute approximate surface area is 195 Å². The SMILES string of the molecule is COc1cc(N2CCC(N(C)C)CC2)ccc1Nc1cc(Nc2[c]cccc2)c(Cl)cn1. The first kappa shape index (κ1) is 22.2. The first-order chi connectivity index (χ1) is 15.5. The van der Waals surface area contributed by atoms with Gasteiger partial charge in [0.05, 0.1) is 29.7 Å². The summed E-state index contributed by atoms with van der Waals surface area (Å²) in [6, 6.07) is 19.6. The predicted octanol–water partition coefficient (Wildman–Crippen LogP) is 5.56. The summed E-state index contributed by atoms with van der Waals surface area (Å²) in [5.74, 6) is 1.45. The summed E-state index contributed by atoms with van der Waals surface area (Å²) < 4.78 is 5.69. The molecule has 1 aromatic heterocycles. The highest BCUT2D eigenvalue weighted by molar-refractivity contribution is 6.33. The van der Waals surface area contributed by atoms with E-state index in [1.54, 1.807) is 13.3 Å². The molecule has 0 amide bonds. The van der Waals surface area contributed by atoms with Gasteiger partial charge in [-0.05, 0) is 45.1 Å². The molecule has 6 nitrogen and oxygen atoms in total. The van der Waals surface area contributed by atoms with Gasteiger partial charge in [-0.2, -0.15) is 0 Å². The maximum absolute atomic E-state index is 6.34. The molecule has 2 heterocycles. The van der Waals surface area contributed by atoms with Gasteiger partial charge in [-0.3, -0.25) is 0 Å². The van der Waals surface area contributed by atoms with Gasteiger partial charge in [-0.25, -0.2) is 4.98 Å². The van der Waals surface area contributed by atoms with Gasteiger partial charge in [0.1, 0.15) is 11.6 Å². The van der Waals surface area contributed by atoms with E-state index in [0.29, 0.717) is 16.9 Å². The third-order valence-corrected chi connectivity index (χ3v) is 6.14. The van der Waals surface area contributed by atoms with Crippen molar-refractivity contribution in [2.24, 2.45) is 0 Å². The zero-order valence-corrected chi connectivity index (χ0v) is 19.5. The molecule has 1 saturated heterocycles. The summed E-state index contributed by atoms with van der Waals surface area (Å²) in [6.45, 7) is 2.09. The smallest absolute Gasteiger partial charge is 0.144 e. The summed E-state index contributed by atoms with van der Waals surface area (Å²) in [4.78, 5) is 9.17. The van der Waals surface area contributed by atoms with Crippen molar-refractivity contribution in [3.8, 4) is 5.75 Å². The quantitative estimate of drug-likeness (QED) is 0.491. The Hall–Kier alpha value is -2.96. The number of nitrogens with one attached hydrogen (secondary N) is 2. The largest absolute Gasteiger partial charge is 0.494 e. The van der Waals surface area contributed by atoms with Crippen LogP contribution in [-0.4, -0.2) is 50.2 Å². The Bertz CT molecular complexity index is 1040. The maximum atomic E-state index is 6.34. The van der Waals surface area contributed by atoms with Crippen molar-refractivity contribution in [2.75, 3.05) is 49.8 Å². The minimum atomic E-state index is 0.538. The van der Waals surface area contributed by atoms with E-state index in [4.69, 9.17) is 16.3 Å². The first-order valence-corrected chi connectivity index (χ1v) is 11.2. The van der Waals surface area contributed by atoms with E-state index in [9.17, 15) is 0 Å². The molecule has 1 aliphatic rings. The second-order valence-corrected chi connectivity index (χ2v) is 8.55. The molecular formula is C25H29ClN5O. The van der Waals surface area contributed by atoms with Gasteiger partial charge >= 0.3 is 0 Å². The fraction of sp³-hybridized carbons (Fsp3) is 0.320. The van der Waals surface area contributed by atoms with Gasteiger partial charge in [-0.1, -0.05) is 29.8 Å². The predicted molar refractivity (Wildman–Crippen MR) is 133 cm³/mol. The molecule has 1 aliphatic heterocycles. The van der Waals surface area contributed by atoms with Crippen LogP contribution in [0.3, 0.4) is 0 Å². The van der Waals surface area contributed by atoms with E-state index >= 15 is 0 Å². The Kier molecular flexibility index (Phi) is 7.02. The van der Waals surface area contributed by atoms with Crippen molar-refractivity contribution < 1.29 is 4.74 Å². The third-order valence-electron chi connectivity index (χ3n) is 5.84. The highest BCUT2D eigenvalue weighted by atomic mass is 35.5. The van der Waals surface area contributed by atoms with Crippen molar-refractivity contribution in [3.63, 3.8) is 0 Å². The van der Waals surface area contributed by atoms with Gasteiger partial charge in [0.15, 0.2) is 0 Å². The van der Waals surface area contributed by atoms with Crippen LogP contribution >= 0.6 is 11.6 Å². The first-order valence-electron chi connectivity index (χ1n) is 10.8. The molecule has 0 atom stereocenters. The van der Waals surface area contributed by atoms with Crippen molar-refractivity contribution in [1.82, 2.24) is 9.88 Å². The average molecular weight is 451 g/mol. The van der Waals surface area contributed by atoms with E-state index in [0.717, 1.165) is 35.9 Å². The van der Waals surface area contributed by atoms with E-state index in [1.807, 2.05) is 36.4 Å². The Balaban J connectivity index is 1.49. The van der Waals surface area contributed by atoms with Crippen molar-refractivity contribution in [2.45, 2.75) is 18.9 Å². The molecular weight excluding hydrogens is 422 g/mol. The Morgan fingerprint density at radius 1 is 1.09 bits per heavy atom. The number of halogens is 1. The Morgan fingerprint density at radius 3 is 2.59 bits per heavy atom. The molecule has 7 heteroatoms. The number of pyridine rings is 1. The topological polar surface area (TPSA) is 52.7 Å². The molecule has 4 rings (SSSR count). The Morgan fingerprint density at radius 2 is 1.91 bits per heavy atom. The van der Waals surface area contributed by atoms with Crippen LogP contribution in [0.1, 0.15) is 12.8 Å². The van der Waals surface area contributed by atoms with Crippen LogP contribution in [0.25, 0.3) is 0 Å². The number of rotatable bonds is 7. The summed E-state index contributed by atoms with van der Waals surface area (Å²) in [5.41, 5.74) is 3.62. The second kappa shape index (κ2) is 10.1. The lowest BCUT2D eigenvalue weighted by Crippen LogP contribution is -2.41. The average Bonchev–Trinajstić information content (AvgIpc) is 2.82. The summed E-state index contributed by atoms with van der Waals surface area (Å²) >= 11 is 6.34. The monoisotopic (exact) mass is 450 g/mol. The lowest BCUT2D eigenvalue weighted by Gasteiger charge is -2.36. The summed E-state index contributed by atoms with van der Waals surface area (Å²) in [6.07, 6.45) is 3.96. The van der Waals surface area contributed by atoms with Crippen LogP contribution in [0, 0.1) is 6.07 Å². The van der Waals surface area contributed by atoms with Crippen LogP contribution in [0.4, 0.5) is 28.6 Å². The molecule has 0 unspecified atom stereocenters. The highest BCUT2D eigenvalue weighted by Gasteiger charge is 2.21. The number of hydrogen-bond acceptors (Lipinski definition) is 6. The fourth-order valence-electron chi connectivity index (χ4n) is 3.98. The van der Waals surface area contributed by atoms with Gasteiger partial charge in [-0.15, -0.1) is 0 Å². The molecule has 3 aromatic rings. The minimum absolute atomic E-state index is 0.538. The molecule has 32 heavy (non-hydrogen) atoms. The van der Waals surface area contributed by atoms with Crippen molar-refractivity contribution >= 4 is 40.2 Å². The molecule has 1 fully saturated rings. The van der Waals surface area contributed by atoms with E-state index < -0.39 is 0 Å². The standard InChI is InChI=1S/C25H29ClN5O/c1-30(2)19-11-13-31(14-12-19)20-9-10-22(24(15-20)32-3)29-25-16-23(21(26)17-27-25)28-18-7-5-4-6-8-18/h4-7,9-10,15-17,19H,11-14H2,1-3H3,(H2,27,28,29). The lowest BCUT2D eigenvalue weighted by atomic mass is 10.0. The minimum Gasteiger partial charge on any atom is -0.494 e. The van der Waals surface area contributed by atoms with Gasteiger partial charge in [0.2, 0.25) is 0 Å². The summed E-state index contributed by atoms with van der Waals surface area (Å²) in [7, 11) is 6.01. The van der Waals surface area contributed by atoms with Crippen LogP contribution in [0.15, 0.2) is 54.7 Å². The number of piperidine rings is 1. The zero-order chi connectivity index (χ0) is 22.5. The highest BCUT2D eigenvalue weighted by Crippen LogP contribution is 2.34. The number of methoxy groups -OCH3 is 1. The van der Waals surface area contributed by atoms with E-state index in [1.165, 1.54) is 18.5 Å². The fourth-order valence-corrected chi connectivity index (χ4v) is 4.13. The molecule has 2 aromatic carbocycles. The molecule has 167 valence electrons. The number of benzene rings is 2. The summed E-state index contributed by atoms with van der Waals surface area (Å²) in [5, 5.41) is 7.18. The zero-order valence-electron chi connectivity index (χ0n) is 18.7. The number of ether oxygens (including phenoxy) is 1. The van der Waals surface area contributed by atoms with E-state index in [2.05, 4.69) is 57.7 Å². The number of anilines is 5. The normalized spacial score (nSPS) is 14.5. The molecule has 0 bridgehead atoms. The van der Waals surface area contributed by atoms with Crippen LogP contribution in [-0.2, 0) is 0 Å². The third kappa shape index (κ3) is 5.26. The molecule has 0 saturated carbocycles. The van der Waals surface area contributed by atoms with Gasteiger partial charge in [0, 0.05) is 48.7 Å². The van der Waals surface area contributed by atoms with E-state index in [-0.39, 0.29) is 0 Å². The number of para-hydroxylation sites is 1. The van der Waals surface area contributed by atoms with Crippen molar-refractivity contribution in [3.05, 3.63) is 65.8 Å². The molecule has 0 spiro atoms. The molecule has 1 radical (unpaired) electrons. The van der Waals surface area contributed by atoms with Gasteiger partial charge in [0.25, 0.3) is 0 Å². The maximum Gasteiger partial charge on any atom is 0.144 e. The van der Waals surface area contributed by atoms with Crippen molar-refractivity contribution in [1.29, 1.82) is 0 Å². The number of aromatic nitrogens is 1. The number of nitrogens with zero attached hydrogens (tertiary/aromatic N) is 3. The number of hydrogen-bond donors (Lipinski definition) is 2. The van der Waals surface area contributed by atoms with Crippen LogP contribution in [0.2, 0.25) is 5.02 Å². The second-order valence-electron chi connectivity index (χ2n) is 8.14. The lowest BCUT2D eigenvalue weighted by molar-refractivity contribution is 0.249. The molecule has 2 N–H and O–H groups in total. The van der Waals surface area contributed by atoms with Crippen LogP contribution in [0.5, 0.6) is 5.75 Å². The molecule has 0 aliphatic carbocycles. The van der Waals surface area contributed by atoms with Crippen LogP contribution < -0.4 is 20.3 Å².